The van der Waals surface area contributed by atoms with Crippen molar-refractivity contribution in [3.8, 4) is 0 Å². The first-order valence-electron chi connectivity index (χ1n) is 5.16. The zero-order valence-electron chi connectivity index (χ0n) is 10.7. The number of nitrogens with one attached hydrogen (secondary N) is 1. The van der Waals surface area contributed by atoms with Gasteiger partial charge in [0.1, 0.15) is 5.82 Å². The number of rotatable bonds is 4. The smallest absolute Gasteiger partial charge is 0.236 e. The number of pyridine rings is 1. The molecule has 0 spiro atoms. The Labute approximate surface area is 120 Å². The van der Waals surface area contributed by atoms with Gasteiger partial charge in [-0.05, 0) is 18.6 Å². The number of carbonyl (C=O) groups is 1. The normalized spacial score (nSPS) is 10.7. The van der Waals surface area contributed by atoms with Gasteiger partial charge in [-0.2, -0.15) is 0 Å². The Bertz CT molecular complexity index is 355. The van der Waals surface area contributed by atoms with Gasteiger partial charge >= 0.3 is 0 Å². The van der Waals surface area contributed by atoms with Gasteiger partial charge in [-0.15, -0.1) is 24.8 Å². The zero-order chi connectivity index (χ0) is 12.1. The van der Waals surface area contributed by atoms with Crippen molar-refractivity contribution in [2.75, 3.05) is 19.0 Å². The van der Waals surface area contributed by atoms with E-state index in [1.807, 2.05) is 31.1 Å². The molecule has 1 aromatic rings. The Kier molecular flexibility index (Phi) is 9.61. The number of aromatic nitrogens is 1. The first kappa shape index (κ1) is 19.3. The molecule has 0 radical (unpaired) electrons. The van der Waals surface area contributed by atoms with Crippen LogP contribution in [-0.4, -0.2) is 31.0 Å². The molecule has 7 heteroatoms. The summed E-state index contributed by atoms with van der Waals surface area (Å²) in [5.41, 5.74) is 6.39. The van der Waals surface area contributed by atoms with E-state index in [9.17, 15) is 4.79 Å². The van der Waals surface area contributed by atoms with Gasteiger partial charge in [-0.1, -0.05) is 6.07 Å². The molecule has 1 atom stereocenters. The summed E-state index contributed by atoms with van der Waals surface area (Å²) in [6, 6.07) is 3.37. The first-order valence-corrected chi connectivity index (χ1v) is 5.16. The van der Waals surface area contributed by atoms with Crippen molar-refractivity contribution in [3.63, 3.8) is 0 Å². The second kappa shape index (κ2) is 8.97. The molecule has 0 saturated heterocycles. The molecule has 0 aliphatic rings. The SMILES string of the molecule is C[C@@H](N)C(=O)NCc1ccc(N(C)C)nc1.Cl.Cl. The molecular formula is C11H20Cl2N4O. The Morgan fingerprint density at radius 1 is 1.44 bits per heavy atom. The highest BCUT2D eigenvalue weighted by Crippen LogP contribution is 2.07. The van der Waals surface area contributed by atoms with Crippen molar-refractivity contribution >= 4 is 36.5 Å². The van der Waals surface area contributed by atoms with Gasteiger partial charge in [0.25, 0.3) is 0 Å². The summed E-state index contributed by atoms with van der Waals surface area (Å²) in [5.74, 6) is 0.735. The van der Waals surface area contributed by atoms with Gasteiger partial charge in [0.15, 0.2) is 0 Å². The van der Waals surface area contributed by atoms with Crippen LogP contribution in [0.25, 0.3) is 0 Å². The Morgan fingerprint density at radius 3 is 2.44 bits per heavy atom. The molecule has 104 valence electrons. The number of carbonyl (C=O) groups excluding carboxylic acids is 1. The van der Waals surface area contributed by atoms with Gasteiger partial charge in [-0.25, -0.2) is 4.98 Å². The van der Waals surface area contributed by atoms with E-state index >= 15 is 0 Å². The Morgan fingerprint density at radius 2 is 2.06 bits per heavy atom. The molecule has 0 aliphatic carbocycles. The van der Waals surface area contributed by atoms with Crippen molar-refractivity contribution in [3.05, 3.63) is 23.9 Å². The average molecular weight is 295 g/mol. The summed E-state index contributed by atoms with van der Waals surface area (Å²) in [7, 11) is 3.86. The maximum atomic E-state index is 11.2. The molecule has 0 unspecified atom stereocenters. The summed E-state index contributed by atoms with van der Waals surface area (Å²) < 4.78 is 0. The van der Waals surface area contributed by atoms with Crippen LogP contribution in [0.1, 0.15) is 12.5 Å². The highest BCUT2D eigenvalue weighted by Gasteiger charge is 2.06. The lowest BCUT2D eigenvalue weighted by Crippen LogP contribution is -2.37. The van der Waals surface area contributed by atoms with Crippen LogP contribution in [0.3, 0.4) is 0 Å². The van der Waals surface area contributed by atoms with E-state index in [0.717, 1.165) is 11.4 Å². The first-order chi connectivity index (χ1) is 7.50. The summed E-state index contributed by atoms with van der Waals surface area (Å²) in [5, 5.41) is 2.73. The third-order valence-corrected chi connectivity index (χ3v) is 2.15. The predicted molar refractivity (Wildman–Crippen MR) is 78.6 cm³/mol. The van der Waals surface area contributed by atoms with Gasteiger partial charge in [0.05, 0.1) is 6.04 Å². The fraction of sp³-hybridized carbons (Fsp3) is 0.455. The highest BCUT2D eigenvalue weighted by molar-refractivity contribution is 5.85. The number of nitrogens with two attached hydrogens (primary N) is 1. The van der Waals surface area contributed by atoms with Gasteiger partial charge < -0.3 is 16.0 Å². The summed E-state index contributed by atoms with van der Waals surface area (Å²) in [6.45, 7) is 2.11. The zero-order valence-corrected chi connectivity index (χ0v) is 12.3. The van der Waals surface area contributed by atoms with Crippen molar-refractivity contribution in [1.29, 1.82) is 0 Å². The molecule has 0 fully saturated rings. The maximum Gasteiger partial charge on any atom is 0.236 e. The van der Waals surface area contributed by atoms with Crippen LogP contribution >= 0.6 is 24.8 Å². The van der Waals surface area contributed by atoms with Crippen molar-refractivity contribution < 1.29 is 4.79 Å². The quantitative estimate of drug-likeness (QED) is 0.868. The molecule has 0 bridgehead atoms. The molecule has 3 N–H and O–H groups in total. The van der Waals surface area contributed by atoms with Crippen LogP contribution in [0.4, 0.5) is 5.82 Å². The second-order valence-electron chi connectivity index (χ2n) is 3.93. The van der Waals surface area contributed by atoms with E-state index in [4.69, 9.17) is 5.73 Å². The molecular weight excluding hydrogens is 275 g/mol. The largest absolute Gasteiger partial charge is 0.363 e. The highest BCUT2D eigenvalue weighted by atomic mass is 35.5. The number of anilines is 1. The summed E-state index contributed by atoms with van der Waals surface area (Å²) in [4.78, 5) is 17.4. The molecule has 0 aliphatic heterocycles. The topological polar surface area (TPSA) is 71.2 Å². The standard InChI is InChI=1S/C11H18N4O.2ClH/c1-8(12)11(16)14-7-9-4-5-10(13-6-9)15(2)3;;/h4-6,8H,7,12H2,1-3H3,(H,14,16);2*1H/t8-;;/m1../s1. The van der Waals surface area contributed by atoms with Crippen LogP contribution in [0, 0.1) is 0 Å². The van der Waals surface area contributed by atoms with E-state index in [0.29, 0.717) is 6.54 Å². The number of hydrogen-bond donors (Lipinski definition) is 2. The van der Waals surface area contributed by atoms with Crippen LogP contribution in [-0.2, 0) is 11.3 Å². The lowest BCUT2D eigenvalue weighted by molar-refractivity contribution is -0.122. The fourth-order valence-corrected chi connectivity index (χ4v) is 1.14. The van der Waals surface area contributed by atoms with Crippen molar-refractivity contribution in [1.82, 2.24) is 10.3 Å². The van der Waals surface area contributed by atoms with Crippen LogP contribution in [0.5, 0.6) is 0 Å². The minimum Gasteiger partial charge on any atom is -0.363 e. The number of amides is 1. The lowest BCUT2D eigenvalue weighted by Gasteiger charge is -2.12. The summed E-state index contributed by atoms with van der Waals surface area (Å²) in [6.07, 6.45) is 1.75. The van der Waals surface area contributed by atoms with E-state index < -0.39 is 6.04 Å². The van der Waals surface area contributed by atoms with Crippen LogP contribution in [0.2, 0.25) is 0 Å². The van der Waals surface area contributed by atoms with Crippen molar-refractivity contribution in [2.45, 2.75) is 19.5 Å². The van der Waals surface area contributed by atoms with Crippen molar-refractivity contribution in [2.24, 2.45) is 5.73 Å². The molecule has 5 nitrogen and oxygen atoms in total. The van der Waals surface area contributed by atoms with Crippen LogP contribution in [0.15, 0.2) is 18.3 Å². The minimum absolute atomic E-state index is 0. The molecule has 1 amide bonds. The molecule has 0 saturated carbocycles. The van der Waals surface area contributed by atoms with E-state index in [1.54, 1.807) is 13.1 Å². The molecule has 0 aromatic carbocycles. The fourth-order valence-electron chi connectivity index (χ4n) is 1.14. The van der Waals surface area contributed by atoms with Crippen LogP contribution < -0.4 is 16.0 Å². The van der Waals surface area contributed by atoms with E-state index in [2.05, 4.69) is 10.3 Å². The molecule has 1 rings (SSSR count). The maximum absolute atomic E-state index is 11.2. The molecule has 1 heterocycles. The number of halogens is 2. The molecule has 1 aromatic heterocycles. The summed E-state index contributed by atoms with van der Waals surface area (Å²) >= 11 is 0. The lowest BCUT2D eigenvalue weighted by atomic mass is 10.2. The third-order valence-electron chi connectivity index (χ3n) is 2.15. The Balaban J connectivity index is 0. The molecule has 18 heavy (non-hydrogen) atoms. The third kappa shape index (κ3) is 6.05. The van der Waals surface area contributed by atoms with Gasteiger partial charge in [0, 0.05) is 26.8 Å². The van der Waals surface area contributed by atoms with Gasteiger partial charge in [0.2, 0.25) is 5.91 Å². The van der Waals surface area contributed by atoms with E-state index in [-0.39, 0.29) is 30.7 Å². The predicted octanol–water partition coefficient (Wildman–Crippen LogP) is 0.955. The van der Waals surface area contributed by atoms with Gasteiger partial charge in [-0.3, -0.25) is 4.79 Å². The second-order valence-corrected chi connectivity index (χ2v) is 3.93. The van der Waals surface area contributed by atoms with E-state index in [1.165, 1.54) is 0 Å². The average Bonchev–Trinajstić information content (AvgIpc) is 2.26. The monoisotopic (exact) mass is 294 g/mol. The number of nitrogens with zero attached hydrogens (tertiary/aromatic N) is 2. The Hall–Kier alpha value is -1.04. The number of hydrogen-bond acceptors (Lipinski definition) is 4. The minimum atomic E-state index is -0.478.